The Bertz CT molecular complexity index is 374. The van der Waals surface area contributed by atoms with Crippen LogP contribution >= 0.6 is 0 Å². The zero-order chi connectivity index (χ0) is 12.1. The van der Waals surface area contributed by atoms with Crippen molar-refractivity contribution >= 4 is 5.78 Å². The van der Waals surface area contributed by atoms with Crippen LogP contribution in [0, 0.1) is 11.7 Å². The predicted octanol–water partition coefficient (Wildman–Crippen LogP) is 3.45. The fourth-order valence-corrected chi connectivity index (χ4v) is 1.67. The minimum absolute atomic E-state index is 0.0107. The molecule has 0 spiro atoms. The topological polar surface area (TPSA) is 26.3 Å². The van der Waals surface area contributed by atoms with Crippen LogP contribution in [0.15, 0.2) is 18.2 Å². The van der Waals surface area contributed by atoms with Gasteiger partial charge in [0.15, 0.2) is 17.3 Å². The summed E-state index contributed by atoms with van der Waals surface area (Å²) in [4.78, 5) is 11.9. The zero-order valence-electron chi connectivity index (χ0n) is 9.92. The molecule has 0 saturated heterocycles. The third kappa shape index (κ3) is 2.81. The van der Waals surface area contributed by atoms with E-state index >= 15 is 0 Å². The van der Waals surface area contributed by atoms with Crippen LogP contribution in [-0.4, -0.2) is 12.9 Å². The molecule has 0 N–H and O–H groups in total. The molecule has 0 radical (unpaired) electrons. The Morgan fingerprint density at radius 1 is 1.50 bits per heavy atom. The van der Waals surface area contributed by atoms with Crippen molar-refractivity contribution in [3.05, 3.63) is 29.6 Å². The Labute approximate surface area is 95.4 Å². The Morgan fingerprint density at radius 2 is 2.19 bits per heavy atom. The highest BCUT2D eigenvalue weighted by molar-refractivity contribution is 5.97. The normalized spacial score (nSPS) is 12.2. The van der Waals surface area contributed by atoms with Crippen molar-refractivity contribution in [1.29, 1.82) is 0 Å². The highest BCUT2D eigenvalue weighted by atomic mass is 19.1. The van der Waals surface area contributed by atoms with Gasteiger partial charge in [0.2, 0.25) is 0 Å². The molecule has 0 aliphatic heterocycles. The average Bonchev–Trinajstić information content (AvgIpc) is 2.28. The molecule has 1 atom stereocenters. The van der Waals surface area contributed by atoms with Crippen molar-refractivity contribution in [2.45, 2.75) is 26.7 Å². The van der Waals surface area contributed by atoms with Gasteiger partial charge in [-0.15, -0.1) is 0 Å². The van der Waals surface area contributed by atoms with Gasteiger partial charge in [-0.1, -0.05) is 20.3 Å². The van der Waals surface area contributed by atoms with E-state index in [2.05, 4.69) is 0 Å². The molecule has 0 bridgehead atoms. The van der Waals surface area contributed by atoms with E-state index in [0.29, 0.717) is 5.56 Å². The van der Waals surface area contributed by atoms with Gasteiger partial charge in [0.05, 0.1) is 7.11 Å². The summed E-state index contributed by atoms with van der Waals surface area (Å²) in [5.74, 6) is -0.391. The Balaban J connectivity index is 2.88. The van der Waals surface area contributed by atoms with Crippen LogP contribution in [0.2, 0.25) is 0 Å². The maximum Gasteiger partial charge on any atom is 0.165 e. The molecule has 0 aliphatic carbocycles. The number of carbonyl (C=O) groups is 1. The number of ketones is 1. The summed E-state index contributed by atoms with van der Waals surface area (Å²) in [5, 5.41) is 0. The number of benzene rings is 1. The molecule has 1 rings (SSSR count). The molecular formula is C13H17FO2. The van der Waals surface area contributed by atoms with Crippen LogP contribution in [-0.2, 0) is 0 Å². The molecule has 0 heterocycles. The third-order valence-corrected chi connectivity index (χ3v) is 2.61. The number of ether oxygens (including phenoxy) is 1. The molecule has 1 aromatic carbocycles. The summed E-state index contributed by atoms with van der Waals surface area (Å²) >= 11 is 0. The molecule has 0 aromatic heterocycles. The van der Waals surface area contributed by atoms with E-state index in [4.69, 9.17) is 4.74 Å². The Hall–Kier alpha value is -1.38. The minimum Gasteiger partial charge on any atom is -0.494 e. The molecule has 2 nitrogen and oxygen atoms in total. The van der Waals surface area contributed by atoms with Crippen LogP contribution in [0.25, 0.3) is 0 Å². The monoisotopic (exact) mass is 224 g/mol. The summed E-state index contributed by atoms with van der Waals surface area (Å²) < 4.78 is 18.2. The second-order valence-electron chi connectivity index (χ2n) is 3.90. The minimum atomic E-state index is -0.489. The number of Topliss-reactive ketones (excluding diaryl/α,β-unsaturated/α-hetero) is 1. The summed E-state index contributed by atoms with van der Waals surface area (Å²) in [5.41, 5.74) is 0.416. The second-order valence-corrected chi connectivity index (χ2v) is 3.90. The maximum atomic E-state index is 13.4. The molecule has 1 aromatic rings. The molecule has 3 heteroatoms. The van der Waals surface area contributed by atoms with Gasteiger partial charge in [-0.05, 0) is 24.6 Å². The van der Waals surface area contributed by atoms with Gasteiger partial charge in [0, 0.05) is 11.5 Å². The van der Waals surface area contributed by atoms with E-state index in [1.54, 1.807) is 6.07 Å². The summed E-state index contributed by atoms with van der Waals surface area (Å²) in [6, 6.07) is 4.34. The van der Waals surface area contributed by atoms with Crippen molar-refractivity contribution in [3.63, 3.8) is 0 Å². The molecule has 1 unspecified atom stereocenters. The number of carbonyl (C=O) groups excluding carboxylic acids is 1. The first-order chi connectivity index (χ1) is 7.60. The van der Waals surface area contributed by atoms with Gasteiger partial charge in [-0.2, -0.15) is 0 Å². The second kappa shape index (κ2) is 5.64. The molecule has 16 heavy (non-hydrogen) atoms. The molecule has 0 aliphatic rings. The largest absolute Gasteiger partial charge is 0.494 e. The highest BCUT2D eigenvalue weighted by Gasteiger charge is 2.15. The van der Waals surface area contributed by atoms with Gasteiger partial charge in [-0.3, -0.25) is 4.79 Å². The van der Waals surface area contributed by atoms with Crippen LogP contribution in [0.4, 0.5) is 4.39 Å². The van der Waals surface area contributed by atoms with Crippen molar-refractivity contribution in [3.8, 4) is 5.75 Å². The van der Waals surface area contributed by atoms with E-state index in [9.17, 15) is 9.18 Å². The molecule has 0 fully saturated rings. The third-order valence-electron chi connectivity index (χ3n) is 2.61. The fourth-order valence-electron chi connectivity index (χ4n) is 1.67. The Morgan fingerprint density at radius 3 is 2.69 bits per heavy atom. The quantitative estimate of drug-likeness (QED) is 0.716. The Kier molecular flexibility index (Phi) is 4.47. The van der Waals surface area contributed by atoms with E-state index in [1.165, 1.54) is 19.2 Å². The van der Waals surface area contributed by atoms with E-state index < -0.39 is 5.82 Å². The van der Waals surface area contributed by atoms with Gasteiger partial charge in [0.1, 0.15) is 0 Å². The van der Waals surface area contributed by atoms with Gasteiger partial charge >= 0.3 is 0 Å². The van der Waals surface area contributed by atoms with Crippen LogP contribution in [0.1, 0.15) is 37.0 Å². The first-order valence-corrected chi connectivity index (χ1v) is 5.47. The first kappa shape index (κ1) is 12.7. The lowest BCUT2D eigenvalue weighted by atomic mass is 9.95. The molecular weight excluding hydrogens is 207 g/mol. The van der Waals surface area contributed by atoms with E-state index in [-0.39, 0.29) is 17.5 Å². The van der Waals surface area contributed by atoms with Crippen molar-refractivity contribution in [2.75, 3.05) is 7.11 Å². The van der Waals surface area contributed by atoms with Crippen molar-refractivity contribution in [1.82, 2.24) is 0 Å². The van der Waals surface area contributed by atoms with Gasteiger partial charge in [0.25, 0.3) is 0 Å². The van der Waals surface area contributed by atoms with Gasteiger partial charge < -0.3 is 4.74 Å². The van der Waals surface area contributed by atoms with Crippen LogP contribution < -0.4 is 4.74 Å². The summed E-state index contributed by atoms with van der Waals surface area (Å²) in [6.45, 7) is 3.90. The number of hydrogen-bond acceptors (Lipinski definition) is 2. The van der Waals surface area contributed by atoms with E-state index in [0.717, 1.165) is 12.8 Å². The van der Waals surface area contributed by atoms with Crippen LogP contribution in [0.5, 0.6) is 5.75 Å². The average molecular weight is 224 g/mol. The summed E-state index contributed by atoms with van der Waals surface area (Å²) in [7, 11) is 1.40. The number of hydrogen-bond donors (Lipinski definition) is 0. The lowest BCUT2D eigenvalue weighted by Gasteiger charge is -2.09. The number of methoxy groups -OCH3 is 1. The zero-order valence-corrected chi connectivity index (χ0v) is 9.92. The lowest BCUT2D eigenvalue weighted by molar-refractivity contribution is 0.0923. The molecule has 88 valence electrons. The van der Waals surface area contributed by atoms with Gasteiger partial charge in [-0.25, -0.2) is 4.39 Å². The molecule has 0 saturated carbocycles. The van der Waals surface area contributed by atoms with Crippen LogP contribution in [0.3, 0.4) is 0 Å². The smallest absolute Gasteiger partial charge is 0.165 e. The fraction of sp³-hybridized carbons (Fsp3) is 0.462. The SMILES string of the molecule is CCCC(C)C(=O)c1ccc(OC)c(F)c1. The predicted molar refractivity (Wildman–Crippen MR) is 61.4 cm³/mol. The first-order valence-electron chi connectivity index (χ1n) is 5.47. The number of halogens is 1. The number of rotatable bonds is 5. The lowest BCUT2D eigenvalue weighted by Crippen LogP contribution is -2.11. The van der Waals surface area contributed by atoms with Crippen molar-refractivity contribution < 1.29 is 13.9 Å². The molecule has 0 amide bonds. The summed E-state index contributed by atoms with van der Waals surface area (Å²) in [6.07, 6.45) is 1.78. The maximum absolute atomic E-state index is 13.4. The standard InChI is InChI=1S/C13H17FO2/c1-4-5-9(2)13(15)10-6-7-12(16-3)11(14)8-10/h6-9H,4-5H2,1-3H3. The van der Waals surface area contributed by atoms with E-state index in [1.807, 2.05) is 13.8 Å². The highest BCUT2D eigenvalue weighted by Crippen LogP contribution is 2.20. The van der Waals surface area contributed by atoms with Crippen molar-refractivity contribution in [2.24, 2.45) is 5.92 Å².